The van der Waals surface area contributed by atoms with E-state index in [1.54, 1.807) is 0 Å². The Bertz CT molecular complexity index is 1090. The topological polar surface area (TPSA) is 95.9 Å². The Balaban J connectivity index is 1.44. The number of likely N-dealkylation sites (tertiary alicyclic amines) is 1. The molecule has 0 radical (unpaired) electrons. The summed E-state index contributed by atoms with van der Waals surface area (Å²) in [5, 5.41) is 11.6. The molecule has 1 unspecified atom stereocenters. The summed E-state index contributed by atoms with van der Waals surface area (Å²) in [5.74, 6) is -8.10. The van der Waals surface area contributed by atoms with E-state index in [0.29, 0.717) is 0 Å². The van der Waals surface area contributed by atoms with Gasteiger partial charge < -0.3 is 20.1 Å². The Morgan fingerprint density at radius 2 is 1.66 bits per heavy atom. The maximum Gasteiger partial charge on any atom is 0.407 e. The van der Waals surface area contributed by atoms with Gasteiger partial charge >= 0.3 is 12.1 Å². The Morgan fingerprint density at radius 3 is 2.17 bits per heavy atom. The summed E-state index contributed by atoms with van der Waals surface area (Å²) in [6, 6.07) is 14.6. The number of hydrogen-bond donors (Lipinski definition) is 2. The predicted octanol–water partition coefficient (Wildman–Crippen LogP) is 4.12. The first kappa shape index (κ1) is 24.6. The molecule has 7 nitrogen and oxygen atoms in total. The van der Waals surface area contributed by atoms with Crippen LogP contribution < -0.4 is 5.32 Å². The standard InChI is InChI=1S/C26H28F2N2O5/c1-15(2)11-22(23(31)30-12-21(24(32)33)26(27,28)14-30)29-25(34)35-13-20-18-9-5-3-7-16(18)17-8-4-6-10-19(17)20/h3-10,15,20-22H,11-14H2,1-2H3,(H,29,34)(H,32,33)/t21?,22-/m1/s1. The van der Waals surface area contributed by atoms with Gasteiger partial charge in [0, 0.05) is 12.5 Å². The minimum atomic E-state index is -3.53. The first-order chi connectivity index (χ1) is 16.6. The highest BCUT2D eigenvalue weighted by Crippen LogP contribution is 2.44. The van der Waals surface area contributed by atoms with E-state index in [2.05, 4.69) is 5.32 Å². The largest absolute Gasteiger partial charge is 0.481 e. The monoisotopic (exact) mass is 486 g/mol. The molecule has 1 fully saturated rings. The molecular weight excluding hydrogens is 458 g/mol. The summed E-state index contributed by atoms with van der Waals surface area (Å²) in [7, 11) is 0. The van der Waals surface area contributed by atoms with E-state index in [-0.39, 0.29) is 24.9 Å². The number of alkyl carbamates (subject to hydrolysis) is 1. The van der Waals surface area contributed by atoms with Gasteiger partial charge in [0.25, 0.3) is 5.92 Å². The van der Waals surface area contributed by atoms with Crippen LogP contribution in [0.1, 0.15) is 37.3 Å². The Morgan fingerprint density at radius 1 is 1.09 bits per heavy atom. The first-order valence-corrected chi connectivity index (χ1v) is 11.6. The molecule has 2 atom stereocenters. The predicted molar refractivity (Wildman–Crippen MR) is 124 cm³/mol. The van der Waals surface area contributed by atoms with Crippen LogP contribution in [-0.4, -0.2) is 59.6 Å². The Labute approximate surface area is 202 Å². The number of ether oxygens (including phenoxy) is 1. The molecule has 0 spiro atoms. The molecule has 0 saturated carbocycles. The van der Waals surface area contributed by atoms with Gasteiger partial charge in [-0.2, -0.15) is 0 Å². The number of fused-ring (bicyclic) bond motifs is 3. The quantitative estimate of drug-likeness (QED) is 0.614. The van der Waals surface area contributed by atoms with E-state index in [1.165, 1.54) is 0 Å². The average molecular weight is 487 g/mol. The van der Waals surface area contributed by atoms with Gasteiger partial charge in [-0.1, -0.05) is 62.4 Å². The van der Waals surface area contributed by atoms with Crippen molar-refractivity contribution in [2.24, 2.45) is 11.8 Å². The molecule has 2 aromatic rings. The molecule has 1 aliphatic heterocycles. The van der Waals surface area contributed by atoms with Crippen LogP contribution >= 0.6 is 0 Å². The number of halogens is 2. The lowest BCUT2D eigenvalue weighted by Crippen LogP contribution is -2.49. The maximum absolute atomic E-state index is 14.1. The van der Waals surface area contributed by atoms with Crippen molar-refractivity contribution in [3.8, 4) is 11.1 Å². The fourth-order valence-electron chi connectivity index (χ4n) is 4.91. The molecule has 0 bridgehead atoms. The van der Waals surface area contributed by atoms with Crippen LogP contribution in [0.2, 0.25) is 0 Å². The number of hydrogen-bond acceptors (Lipinski definition) is 4. The van der Waals surface area contributed by atoms with E-state index in [4.69, 9.17) is 9.84 Å². The van der Waals surface area contributed by atoms with E-state index >= 15 is 0 Å². The molecular formula is C26H28F2N2O5. The molecule has 2 aliphatic rings. The maximum atomic E-state index is 14.1. The summed E-state index contributed by atoms with van der Waals surface area (Å²) in [6.07, 6.45) is -0.630. The van der Waals surface area contributed by atoms with Crippen molar-refractivity contribution in [1.82, 2.24) is 10.2 Å². The summed E-state index contributed by atoms with van der Waals surface area (Å²) in [5.41, 5.74) is 4.23. The third-order valence-corrected chi connectivity index (χ3v) is 6.57. The Kier molecular flexibility index (Phi) is 6.78. The number of benzene rings is 2. The van der Waals surface area contributed by atoms with E-state index < -0.39 is 48.9 Å². The van der Waals surface area contributed by atoms with Crippen LogP contribution in [0.15, 0.2) is 48.5 Å². The molecule has 186 valence electrons. The zero-order valence-corrected chi connectivity index (χ0v) is 19.5. The second-order valence-electron chi connectivity index (χ2n) is 9.52. The molecule has 4 rings (SSSR count). The van der Waals surface area contributed by atoms with Gasteiger partial charge in [0.05, 0.1) is 6.54 Å². The molecule has 1 aliphatic carbocycles. The highest BCUT2D eigenvalue weighted by Gasteiger charge is 2.54. The molecule has 2 N–H and O–H groups in total. The lowest BCUT2D eigenvalue weighted by molar-refractivity contribution is -0.151. The molecule has 35 heavy (non-hydrogen) atoms. The zero-order chi connectivity index (χ0) is 25.3. The minimum absolute atomic E-state index is 0.0313. The average Bonchev–Trinajstić information content (AvgIpc) is 3.30. The van der Waals surface area contributed by atoms with Gasteiger partial charge in [-0.25, -0.2) is 13.6 Å². The normalized spacial score (nSPS) is 19.2. The van der Waals surface area contributed by atoms with Crippen molar-refractivity contribution in [2.75, 3.05) is 19.7 Å². The second kappa shape index (κ2) is 9.64. The van der Waals surface area contributed by atoms with Crippen LogP contribution in [0.5, 0.6) is 0 Å². The highest BCUT2D eigenvalue weighted by molar-refractivity contribution is 5.87. The minimum Gasteiger partial charge on any atom is -0.481 e. The molecule has 9 heteroatoms. The number of nitrogens with one attached hydrogen (secondary N) is 1. The van der Waals surface area contributed by atoms with Crippen molar-refractivity contribution in [3.63, 3.8) is 0 Å². The smallest absolute Gasteiger partial charge is 0.407 e. The van der Waals surface area contributed by atoms with Crippen molar-refractivity contribution in [1.29, 1.82) is 0 Å². The van der Waals surface area contributed by atoms with Gasteiger partial charge in [-0.05, 0) is 34.6 Å². The first-order valence-electron chi connectivity index (χ1n) is 11.6. The van der Waals surface area contributed by atoms with Gasteiger partial charge in [0.15, 0.2) is 0 Å². The van der Waals surface area contributed by atoms with Gasteiger partial charge in [0.1, 0.15) is 18.6 Å². The summed E-state index contributed by atoms with van der Waals surface area (Å²) < 4.78 is 33.7. The van der Waals surface area contributed by atoms with Crippen molar-refractivity contribution in [2.45, 2.75) is 38.2 Å². The number of carbonyl (C=O) groups is 3. The number of carboxylic acid groups (broad SMARTS) is 1. The molecule has 1 saturated heterocycles. The van der Waals surface area contributed by atoms with Crippen LogP contribution in [0.25, 0.3) is 11.1 Å². The van der Waals surface area contributed by atoms with E-state index in [9.17, 15) is 23.2 Å². The molecule has 2 amide bonds. The van der Waals surface area contributed by atoms with E-state index in [0.717, 1.165) is 27.2 Å². The third kappa shape index (κ3) is 4.99. The fourth-order valence-corrected chi connectivity index (χ4v) is 4.91. The fraction of sp³-hybridized carbons (Fsp3) is 0.423. The van der Waals surface area contributed by atoms with Crippen LogP contribution in [0.3, 0.4) is 0 Å². The van der Waals surface area contributed by atoms with Gasteiger partial charge in [0.2, 0.25) is 5.91 Å². The van der Waals surface area contributed by atoms with Crippen molar-refractivity contribution in [3.05, 3.63) is 59.7 Å². The van der Waals surface area contributed by atoms with Crippen molar-refractivity contribution < 1.29 is 33.0 Å². The summed E-state index contributed by atoms with van der Waals surface area (Å²) in [6.45, 7) is 2.11. The summed E-state index contributed by atoms with van der Waals surface area (Å²) >= 11 is 0. The molecule has 1 heterocycles. The molecule has 2 aromatic carbocycles. The number of alkyl halides is 2. The van der Waals surface area contributed by atoms with Gasteiger partial charge in [-0.15, -0.1) is 0 Å². The Hall–Kier alpha value is -3.49. The highest BCUT2D eigenvalue weighted by atomic mass is 19.3. The number of rotatable bonds is 7. The number of aliphatic carboxylic acids is 1. The van der Waals surface area contributed by atoms with Crippen LogP contribution in [-0.2, 0) is 14.3 Å². The number of carbonyl (C=O) groups excluding carboxylic acids is 2. The third-order valence-electron chi connectivity index (χ3n) is 6.57. The number of carboxylic acids is 1. The van der Waals surface area contributed by atoms with Crippen molar-refractivity contribution >= 4 is 18.0 Å². The van der Waals surface area contributed by atoms with Crippen LogP contribution in [0, 0.1) is 11.8 Å². The molecule has 0 aromatic heterocycles. The SMILES string of the molecule is CC(C)C[C@@H](NC(=O)OCC1c2ccccc2-c2ccccc21)C(=O)N1CC(C(=O)O)C(F)(F)C1. The van der Waals surface area contributed by atoms with E-state index in [1.807, 2.05) is 62.4 Å². The van der Waals surface area contributed by atoms with Gasteiger partial charge in [-0.3, -0.25) is 9.59 Å². The van der Waals surface area contributed by atoms with Crippen LogP contribution in [0.4, 0.5) is 13.6 Å². The second-order valence-corrected chi connectivity index (χ2v) is 9.52. The zero-order valence-electron chi connectivity index (χ0n) is 19.5. The summed E-state index contributed by atoms with van der Waals surface area (Å²) in [4.78, 5) is 37.7. The lowest BCUT2D eigenvalue weighted by Gasteiger charge is -2.25. The number of nitrogens with zero attached hydrogens (tertiary/aromatic N) is 1. The lowest BCUT2D eigenvalue weighted by atomic mass is 9.98. The number of amides is 2.